The number of carbonyl (C=O) groups is 2. The summed E-state index contributed by atoms with van der Waals surface area (Å²) in [6, 6.07) is 10.4. The van der Waals surface area contributed by atoms with Crippen LogP contribution in [0.1, 0.15) is 33.3 Å². The summed E-state index contributed by atoms with van der Waals surface area (Å²) in [7, 11) is 1.47. The molecule has 1 N–H and O–H groups in total. The molecule has 0 unspecified atom stereocenters. The number of methoxy groups -OCH3 is 1. The summed E-state index contributed by atoms with van der Waals surface area (Å²) in [5.41, 5.74) is 3.11. The molecule has 0 aliphatic rings. The molecule has 0 radical (unpaired) electrons. The fourth-order valence-electron chi connectivity index (χ4n) is 3.19. The van der Waals surface area contributed by atoms with Crippen molar-refractivity contribution in [3.05, 3.63) is 63.8 Å². The Labute approximate surface area is 172 Å². The number of nitrogens with one attached hydrogen (secondary N) is 1. The number of hydrogen-bond donors (Lipinski definition) is 1. The van der Waals surface area contributed by atoms with Crippen LogP contribution in [0.25, 0.3) is 10.1 Å². The number of rotatable bonds is 7. The van der Waals surface area contributed by atoms with Crippen molar-refractivity contribution in [3.8, 4) is 0 Å². The molecule has 0 bridgehead atoms. The number of thiophene rings is 1. The Hall–Kier alpha value is -2.77. The molecule has 152 valence electrons. The van der Waals surface area contributed by atoms with Gasteiger partial charge in [-0.25, -0.2) is 9.18 Å². The molecule has 1 heterocycles. The maximum Gasteiger partial charge on any atom is 0.349 e. The van der Waals surface area contributed by atoms with Crippen LogP contribution in [0, 0.1) is 12.7 Å². The number of fused-ring (bicyclic) bond motifs is 1. The topological polar surface area (TPSA) is 64.6 Å². The lowest BCUT2D eigenvalue weighted by molar-refractivity contribution is -0.119. The molecule has 0 saturated heterocycles. The number of hydrogen-bond acceptors (Lipinski definition) is 5. The molecule has 29 heavy (non-hydrogen) atoms. The molecule has 3 aromatic rings. The highest BCUT2D eigenvalue weighted by atomic mass is 32.1. The van der Waals surface area contributed by atoms with E-state index in [1.807, 2.05) is 32.0 Å². The molecule has 2 aromatic carbocycles. The highest BCUT2D eigenvalue weighted by molar-refractivity contribution is 7.21. The first-order valence-corrected chi connectivity index (χ1v) is 10.0. The monoisotopic (exact) mass is 415 g/mol. The molecular formula is C22H22FNO4S. The van der Waals surface area contributed by atoms with E-state index in [0.29, 0.717) is 15.6 Å². The Morgan fingerprint density at radius 2 is 1.93 bits per heavy atom. The Morgan fingerprint density at radius 3 is 2.66 bits per heavy atom. The Morgan fingerprint density at radius 1 is 1.17 bits per heavy atom. The van der Waals surface area contributed by atoms with Gasteiger partial charge in [0.2, 0.25) is 0 Å². The molecule has 0 aliphatic carbocycles. The van der Waals surface area contributed by atoms with Gasteiger partial charge >= 0.3 is 5.97 Å². The zero-order valence-electron chi connectivity index (χ0n) is 16.5. The van der Waals surface area contributed by atoms with E-state index in [4.69, 9.17) is 9.47 Å². The van der Waals surface area contributed by atoms with Gasteiger partial charge in [0.1, 0.15) is 10.7 Å². The first kappa shape index (κ1) is 21.0. The van der Waals surface area contributed by atoms with Gasteiger partial charge in [0.15, 0.2) is 6.61 Å². The van der Waals surface area contributed by atoms with E-state index in [0.717, 1.165) is 34.6 Å². The van der Waals surface area contributed by atoms with E-state index in [-0.39, 0.29) is 11.5 Å². The third-order valence-electron chi connectivity index (χ3n) is 4.58. The van der Waals surface area contributed by atoms with Crippen LogP contribution >= 0.6 is 11.3 Å². The predicted octanol–water partition coefficient (Wildman–Crippen LogP) is 4.85. The highest BCUT2D eigenvalue weighted by Gasteiger charge is 2.22. The van der Waals surface area contributed by atoms with Gasteiger partial charge in [-0.05, 0) is 36.6 Å². The van der Waals surface area contributed by atoms with E-state index in [2.05, 4.69) is 5.32 Å². The van der Waals surface area contributed by atoms with Crippen molar-refractivity contribution < 1.29 is 23.5 Å². The van der Waals surface area contributed by atoms with Gasteiger partial charge in [-0.15, -0.1) is 11.3 Å². The summed E-state index contributed by atoms with van der Waals surface area (Å²) in [6.07, 6.45) is 0.769. The summed E-state index contributed by atoms with van der Waals surface area (Å²) >= 11 is 1.12. The highest BCUT2D eigenvalue weighted by Crippen LogP contribution is 2.34. The first-order valence-electron chi connectivity index (χ1n) is 9.20. The van der Waals surface area contributed by atoms with Crippen LogP contribution in [0.5, 0.6) is 0 Å². The van der Waals surface area contributed by atoms with Crippen molar-refractivity contribution >= 4 is 39.0 Å². The smallest absolute Gasteiger partial charge is 0.349 e. The lowest BCUT2D eigenvalue weighted by Crippen LogP contribution is -2.22. The summed E-state index contributed by atoms with van der Waals surface area (Å²) in [5, 5.41) is 3.16. The zero-order chi connectivity index (χ0) is 21.0. The molecule has 0 aliphatic heterocycles. The molecule has 1 amide bonds. The van der Waals surface area contributed by atoms with Crippen LogP contribution in [0.3, 0.4) is 0 Å². The average molecular weight is 415 g/mol. The third-order valence-corrected chi connectivity index (χ3v) is 5.75. The van der Waals surface area contributed by atoms with Gasteiger partial charge in [0, 0.05) is 28.4 Å². The van der Waals surface area contributed by atoms with Gasteiger partial charge in [-0.2, -0.15) is 0 Å². The molecule has 7 heteroatoms. The fourth-order valence-corrected chi connectivity index (χ4v) is 4.30. The average Bonchev–Trinajstić information content (AvgIpc) is 3.08. The van der Waals surface area contributed by atoms with Crippen molar-refractivity contribution in [3.63, 3.8) is 0 Å². The summed E-state index contributed by atoms with van der Waals surface area (Å²) in [4.78, 5) is 25.2. The minimum Gasteiger partial charge on any atom is -0.451 e. The fraction of sp³-hybridized carbons (Fsp3) is 0.273. The van der Waals surface area contributed by atoms with Gasteiger partial charge in [-0.1, -0.05) is 31.2 Å². The van der Waals surface area contributed by atoms with Crippen LogP contribution in [-0.2, 0) is 27.3 Å². The summed E-state index contributed by atoms with van der Waals surface area (Å²) < 4.78 is 25.2. The van der Waals surface area contributed by atoms with Crippen LogP contribution < -0.4 is 5.32 Å². The van der Waals surface area contributed by atoms with Crippen LogP contribution in [-0.4, -0.2) is 25.6 Å². The molecule has 0 fully saturated rings. The second-order valence-corrected chi connectivity index (χ2v) is 7.59. The number of esters is 1. The molecule has 0 atom stereocenters. The summed E-state index contributed by atoms with van der Waals surface area (Å²) in [6.45, 7) is 3.55. The van der Waals surface area contributed by atoms with Gasteiger partial charge in [-0.3, -0.25) is 4.79 Å². The largest absolute Gasteiger partial charge is 0.451 e. The van der Waals surface area contributed by atoms with Crippen molar-refractivity contribution in [2.75, 3.05) is 19.0 Å². The van der Waals surface area contributed by atoms with E-state index in [9.17, 15) is 14.0 Å². The van der Waals surface area contributed by atoms with Crippen LogP contribution in [0.2, 0.25) is 0 Å². The van der Waals surface area contributed by atoms with Gasteiger partial charge < -0.3 is 14.8 Å². The lowest BCUT2D eigenvalue weighted by atomic mass is 10.1. The number of ether oxygens (including phenoxy) is 2. The predicted molar refractivity (Wildman–Crippen MR) is 112 cm³/mol. The molecular weight excluding hydrogens is 393 g/mol. The van der Waals surface area contributed by atoms with Crippen molar-refractivity contribution in [2.45, 2.75) is 26.9 Å². The lowest BCUT2D eigenvalue weighted by Gasteiger charge is -2.13. The van der Waals surface area contributed by atoms with Crippen LogP contribution in [0.15, 0.2) is 36.4 Å². The van der Waals surface area contributed by atoms with E-state index < -0.39 is 24.3 Å². The standard InChI is InChI=1S/C22H22FNO4S/c1-4-14-8-5-7-13(2)20(14)24-18(25)12-28-22(26)21-15(11-27-3)19-16(23)9-6-10-17(19)29-21/h5-10H,4,11-12H2,1-3H3,(H,24,25). The minimum atomic E-state index is -0.673. The number of amides is 1. The van der Waals surface area contributed by atoms with E-state index in [1.165, 1.54) is 13.2 Å². The SMILES string of the molecule is CCc1cccc(C)c1NC(=O)COC(=O)c1sc2cccc(F)c2c1COC. The normalized spacial score (nSPS) is 10.9. The Kier molecular flexibility index (Phi) is 6.61. The van der Waals surface area contributed by atoms with E-state index in [1.54, 1.807) is 12.1 Å². The summed E-state index contributed by atoms with van der Waals surface area (Å²) in [5.74, 6) is -1.52. The number of carbonyl (C=O) groups excluding carboxylic acids is 2. The zero-order valence-corrected chi connectivity index (χ0v) is 17.3. The van der Waals surface area contributed by atoms with Gasteiger partial charge in [0.05, 0.1) is 6.61 Å². The number of anilines is 1. The minimum absolute atomic E-state index is 0.0701. The van der Waals surface area contributed by atoms with Crippen LogP contribution in [0.4, 0.5) is 10.1 Å². The quantitative estimate of drug-likeness (QED) is 0.560. The van der Waals surface area contributed by atoms with E-state index >= 15 is 0 Å². The molecule has 0 saturated carbocycles. The first-order chi connectivity index (χ1) is 14.0. The Bertz CT molecular complexity index is 1060. The second kappa shape index (κ2) is 9.15. The molecule has 3 rings (SSSR count). The number of para-hydroxylation sites is 1. The van der Waals surface area contributed by atoms with Crippen molar-refractivity contribution in [2.24, 2.45) is 0 Å². The molecule has 1 aromatic heterocycles. The maximum absolute atomic E-state index is 14.2. The van der Waals surface area contributed by atoms with Crippen molar-refractivity contribution in [1.29, 1.82) is 0 Å². The van der Waals surface area contributed by atoms with Crippen molar-refractivity contribution in [1.82, 2.24) is 0 Å². The maximum atomic E-state index is 14.2. The van der Waals surface area contributed by atoms with Gasteiger partial charge in [0.25, 0.3) is 5.91 Å². The number of aryl methyl sites for hydroxylation is 2. The second-order valence-electron chi connectivity index (χ2n) is 6.54. The molecule has 5 nitrogen and oxygen atoms in total. The number of halogens is 1. The third kappa shape index (κ3) is 4.46. The Balaban J connectivity index is 1.75. The molecule has 0 spiro atoms. The number of benzene rings is 2.